The van der Waals surface area contributed by atoms with E-state index in [2.05, 4.69) is 18.2 Å². The van der Waals surface area contributed by atoms with Crippen molar-refractivity contribution in [2.75, 3.05) is 6.61 Å². The molecular formula is C13H9NO. The van der Waals surface area contributed by atoms with Crippen LogP contribution in [0.25, 0.3) is 17.7 Å². The maximum absolute atomic E-state index is 8.75. The van der Waals surface area contributed by atoms with E-state index in [1.54, 1.807) is 0 Å². The third-order valence-electron chi connectivity index (χ3n) is 2.82. The van der Waals surface area contributed by atoms with Crippen LogP contribution in [0, 0.1) is 11.3 Å². The van der Waals surface area contributed by atoms with Gasteiger partial charge in [0.2, 0.25) is 0 Å². The molecule has 2 aliphatic rings. The number of rotatable bonds is 1. The monoisotopic (exact) mass is 195 g/mol. The van der Waals surface area contributed by atoms with Gasteiger partial charge in [0.1, 0.15) is 12.4 Å². The first kappa shape index (κ1) is 8.31. The fourth-order valence-corrected chi connectivity index (χ4v) is 2.16. The largest absolute Gasteiger partial charge is 0.489 e. The van der Waals surface area contributed by atoms with Gasteiger partial charge in [-0.3, -0.25) is 0 Å². The molecule has 2 heteroatoms. The Hall–Kier alpha value is -2.01. The van der Waals surface area contributed by atoms with Gasteiger partial charge in [0.05, 0.1) is 12.5 Å². The summed E-state index contributed by atoms with van der Waals surface area (Å²) in [5, 5.41) is 11.1. The van der Waals surface area contributed by atoms with E-state index in [0.717, 1.165) is 16.5 Å². The van der Waals surface area contributed by atoms with Gasteiger partial charge in [0, 0.05) is 5.22 Å². The van der Waals surface area contributed by atoms with Crippen molar-refractivity contribution in [3.05, 3.63) is 34.2 Å². The van der Waals surface area contributed by atoms with Crippen molar-refractivity contribution in [2.24, 2.45) is 0 Å². The first-order valence-electron chi connectivity index (χ1n) is 4.94. The Labute approximate surface area is 87.4 Å². The van der Waals surface area contributed by atoms with Gasteiger partial charge < -0.3 is 4.74 Å². The van der Waals surface area contributed by atoms with E-state index in [0.29, 0.717) is 13.0 Å². The van der Waals surface area contributed by atoms with Gasteiger partial charge in [-0.2, -0.15) is 5.26 Å². The van der Waals surface area contributed by atoms with Gasteiger partial charge in [0.25, 0.3) is 0 Å². The number of allylic oxidation sites excluding steroid dienone is 1. The third-order valence-corrected chi connectivity index (χ3v) is 2.82. The number of hydrogen-bond donors (Lipinski definition) is 0. The minimum absolute atomic E-state index is 0.466. The quantitative estimate of drug-likeness (QED) is 0.668. The first-order chi connectivity index (χ1) is 7.40. The van der Waals surface area contributed by atoms with Gasteiger partial charge in [-0.05, 0) is 28.5 Å². The van der Waals surface area contributed by atoms with Crippen LogP contribution in [0.1, 0.15) is 12.0 Å². The Bertz CT molecular complexity index is 617. The average Bonchev–Trinajstić information content (AvgIpc) is 2.83. The molecule has 0 amide bonds. The lowest BCUT2D eigenvalue weighted by atomic mass is 10.1. The highest BCUT2D eigenvalue weighted by molar-refractivity contribution is 5.77. The van der Waals surface area contributed by atoms with Crippen molar-refractivity contribution < 1.29 is 4.74 Å². The van der Waals surface area contributed by atoms with E-state index in [4.69, 9.17) is 10.00 Å². The summed E-state index contributed by atoms with van der Waals surface area (Å²) in [6.07, 6.45) is 6.64. The van der Waals surface area contributed by atoms with Crippen LogP contribution in [0.3, 0.4) is 0 Å². The maximum atomic E-state index is 8.75. The van der Waals surface area contributed by atoms with Crippen LogP contribution in [-0.4, -0.2) is 6.61 Å². The highest BCUT2D eigenvalue weighted by Gasteiger charge is 2.12. The Morgan fingerprint density at radius 1 is 1.33 bits per heavy atom. The standard InChI is InChI=1S/C13H9NO/c14-7-5-10-2-1-9-3-4-12-11(13(9)10)6-8-15-12/h1-4,6H,5,8H2. The number of ether oxygens (including phenoxy) is 1. The van der Waals surface area contributed by atoms with Crippen LogP contribution in [0.4, 0.5) is 0 Å². The molecule has 0 spiro atoms. The zero-order valence-corrected chi connectivity index (χ0v) is 8.16. The topological polar surface area (TPSA) is 33.0 Å². The molecule has 15 heavy (non-hydrogen) atoms. The molecule has 2 nitrogen and oxygen atoms in total. The molecule has 1 heterocycles. The molecule has 0 fully saturated rings. The molecule has 0 radical (unpaired) electrons. The number of nitriles is 1. The smallest absolute Gasteiger partial charge is 0.127 e. The summed E-state index contributed by atoms with van der Waals surface area (Å²) < 4.78 is 5.47. The SMILES string of the molecule is N#CCC1=c2c(ccc3c2=CCO3)C=C1. The van der Waals surface area contributed by atoms with Crippen LogP contribution in [0.15, 0.2) is 18.2 Å². The van der Waals surface area contributed by atoms with Crippen molar-refractivity contribution >= 4 is 17.7 Å². The molecule has 1 aromatic carbocycles. The summed E-state index contributed by atoms with van der Waals surface area (Å²) in [6.45, 7) is 0.644. The van der Waals surface area contributed by atoms with Crippen LogP contribution >= 0.6 is 0 Å². The van der Waals surface area contributed by atoms with Crippen LogP contribution in [-0.2, 0) is 0 Å². The second-order valence-electron chi connectivity index (χ2n) is 3.65. The van der Waals surface area contributed by atoms with Gasteiger partial charge in [-0.1, -0.05) is 18.2 Å². The summed E-state index contributed by atoms with van der Waals surface area (Å²) >= 11 is 0. The predicted molar refractivity (Wildman–Crippen MR) is 58.3 cm³/mol. The molecule has 3 rings (SSSR count). The van der Waals surface area contributed by atoms with Gasteiger partial charge in [-0.15, -0.1) is 0 Å². The van der Waals surface area contributed by atoms with Crippen molar-refractivity contribution in [3.8, 4) is 11.8 Å². The highest BCUT2D eigenvalue weighted by Crippen LogP contribution is 2.15. The van der Waals surface area contributed by atoms with E-state index >= 15 is 0 Å². The molecule has 0 saturated carbocycles. The Balaban J connectivity index is 2.42. The van der Waals surface area contributed by atoms with Crippen LogP contribution in [0.5, 0.6) is 5.75 Å². The Morgan fingerprint density at radius 2 is 2.27 bits per heavy atom. The summed E-state index contributed by atoms with van der Waals surface area (Å²) in [6, 6.07) is 6.25. The summed E-state index contributed by atoms with van der Waals surface area (Å²) in [7, 11) is 0. The van der Waals surface area contributed by atoms with Gasteiger partial charge in [0.15, 0.2) is 0 Å². The summed E-state index contributed by atoms with van der Waals surface area (Å²) in [4.78, 5) is 0. The molecule has 0 aromatic heterocycles. The molecule has 0 bridgehead atoms. The fourth-order valence-electron chi connectivity index (χ4n) is 2.16. The van der Waals surface area contributed by atoms with E-state index in [1.165, 1.54) is 10.8 Å². The Kier molecular flexibility index (Phi) is 1.66. The Morgan fingerprint density at radius 3 is 3.13 bits per heavy atom. The molecule has 0 N–H and O–H groups in total. The normalized spacial score (nSPS) is 15.3. The minimum Gasteiger partial charge on any atom is -0.489 e. The number of hydrogen-bond acceptors (Lipinski definition) is 2. The molecular weight excluding hydrogens is 186 g/mol. The zero-order valence-electron chi connectivity index (χ0n) is 8.16. The van der Waals surface area contributed by atoms with Crippen molar-refractivity contribution in [1.29, 1.82) is 5.26 Å². The molecule has 0 unspecified atom stereocenters. The first-order valence-corrected chi connectivity index (χ1v) is 4.94. The van der Waals surface area contributed by atoms with E-state index in [1.807, 2.05) is 18.2 Å². The van der Waals surface area contributed by atoms with Crippen LogP contribution < -0.4 is 15.2 Å². The van der Waals surface area contributed by atoms with E-state index in [-0.39, 0.29) is 0 Å². The van der Waals surface area contributed by atoms with Gasteiger partial charge in [-0.25, -0.2) is 0 Å². The van der Waals surface area contributed by atoms with Crippen LogP contribution in [0.2, 0.25) is 0 Å². The van der Waals surface area contributed by atoms with E-state index < -0.39 is 0 Å². The predicted octanol–water partition coefficient (Wildman–Crippen LogP) is 0.951. The second-order valence-corrected chi connectivity index (χ2v) is 3.65. The maximum Gasteiger partial charge on any atom is 0.127 e. The molecule has 1 aliphatic heterocycles. The van der Waals surface area contributed by atoms with E-state index in [9.17, 15) is 0 Å². The highest BCUT2D eigenvalue weighted by atomic mass is 16.5. The molecule has 72 valence electrons. The zero-order chi connectivity index (χ0) is 10.3. The molecule has 1 aromatic rings. The summed E-state index contributed by atoms with van der Waals surface area (Å²) in [5.74, 6) is 0.938. The second kappa shape index (κ2) is 2.99. The molecule has 1 aliphatic carbocycles. The fraction of sp³-hybridized carbons (Fsp3) is 0.154. The lowest BCUT2D eigenvalue weighted by Gasteiger charge is -1.99. The van der Waals surface area contributed by atoms with Crippen molar-refractivity contribution in [3.63, 3.8) is 0 Å². The van der Waals surface area contributed by atoms with Crippen molar-refractivity contribution in [1.82, 2.24) is 0 Å². The number of fused-ring (bicyclic) bond motifs is 3. The van der Waals surface area contributed by atoms with Crippen molar-refractivity contribution in [2.45, 2.75) is 6.42 Å². The third kappa shape index (κ3) is 1.10. The minimum atomic E-state index is 0.466. The number of benzene rings is 1. The molecule has 0 atom stereocenters. The average molecular weight is 195 g/mol. The molecule has 0 saturated heterocycles. The summed E-state index contributed by atoms with van der Waals surface area (Å²) in [5.41, 5.74) is 2.30. The number of nitrogens with zero attached hydrogens (tertiary/aromatic N) is 1. The lowest BCUT2D eigenvalue weighted by Crippen LogP contribution is -2.26. The van der Waals surface area contributed by atoms with Gasteiger partial charge >= 0.3 is 0 Å². The lowest BCUT2D eigenvalue weighted by molar-refractivity contribution is 0.385.